The van der Waals surface area contributed by atoms with Gasteiger partial charge in [-0.25, -0.2) is 9.59 Å². The molecule has 1 heterocycles. The van der Waals surface area contributed by atoms with Gasteiger partial charge in [-0.3, -0.25) is 4.79 Å². The fraction of sp³-hybridized carbons (Fsp3) is 0.750. The summed E-state index contributed by atoms with van der Waals surface area (Å²) in [7, 11) is 0. The first-order valence-electron chi connectivity index (χ1n) is 6.66. The molecular weight excluding hydrogens is 266 g/mol. The van der Waals surface area contributed by atoms with E-state index in [1.807, 2.05) is 0 Å². The van der Waals surface area contributed by atoms with Crippen molar-refractivity contribution in [1.29, 1.82) is 0 Å². The zero-order valence-electron chi connectivity index (χ0n) is 11.7. The molecular formula is C12H21N3O5. The van der Waals surface area contributed by atoms with Crippen LogP contribution in [0.2, 0.25) is 0 Å². The average molecular weight is 287 g/mol. The maximum atomic E-state index is 12.1. The van der Waals surface area contributed by atoms with E-state index < -0.39 is 24.1 Å². The van der Waals surface area contributed by atoms with Crippen LogP contribution in [0.4, 0.5) is 4.79 Å². The lowest BCUT2D eigenvalue weighted by molar-refractivity contribution is -0.139. The molecule has 2 atom stereocenters. The standard InChI is InChI=1S/C12H21N3O5/c1-3-8(11(17)18)14-12(19)15-5-6-20-7-9(15)10(16)13-4-2/h8-9H,3-7H2,1-2H3,(H,13,16)(H,14,19)(H,17,18)/t8-,9?/m1/s1. The van der Waals surface area contributed by atoms with Gasteiger partial charge in [0.2, 0.25) is 5.91 Å². The van der Waals surface area contributed by atoms with E-state index in [0.717, 1.165) is 0 Å². The Kier molecular flexibility index (Phi) is 6.23. The molecule has 0 radical (unpaired) electrons. The minimum Gasteiger partial charge on any atom is -0.480 e. The molecule has 0 aromatic heterocycles. The normalized spacial score (nSPS) is 20.1. The van der Waals surface area contributed by atoms with Crippen LogP contribution in [0, 0.1) is 0 Å². The number of carbonyl (C=O) groups excluding carboxylic acids is 2. The fourth-order valence-corrected chi connectivity index (χ4v) is 1.93. The number of rotatable bonds is 5. The highest BCUT2D eigenvalue weighted by atomic mass is 16.5. The van der Waals surface area contributed by atoms with Crippen LogP contribution < -0.4 is 10.6 Å². The van der Waals surface area contributed by atoms with Crippen molar-refractivity contribution in [3.63, 3.8) is 0 Å². The van der Waals surface area contributed by atoms with Crippen molar-refractivity contribution in [3.05, 3.63) is 0 Å². The van der Waals surface area contributed by atoms with Crippen LogP contribution in [0.3, 0.4) is 0 Å². The number of urea groups is 1. The van der Waals surface area contributed by atoms with E-state index in [0.29, 0.717) is 13.2 Å². The van der Waals surface area contributed by atoms with Crippen LogP contribution in [-0.2, 0) is 14.3 Å². The van der Waals surface area contributed by atoms with Gasteiger partial charge in [0, 0.05) is 13.1 Å². The predicted molar refractivity (Wildman–Crippen MR) is 70.2 cm³/mol. The van der Waals surface area contributed by atoms with Gasteiger partial charge >= 0.3 is 12.0 Å². The Morgan fingerprint density at radius 2 is 2.10 bits per heavy atom. The lowest BCUT2D eigenvalue weighted by Gasteiger charge is -2.35. The van der Waals surface area contributed by atoms with Gasteiger partial charge < -0.3 is 25.4 Å². The molecule has 3 N–H and O–H groups in total. The van der Waals surface area contributed by atoms with Gasteiger partial charge in [-0.15, -0.1) is 0 Å². The summed E-state index contributed by atoms with van der Waals surface area (Å²) in [6.07, 6.45) is 0.275. The molecule has 0 aliphatic carbocycles. The zero-order chi connectivity index (χ0) is 15.1. The van der Waals surface area contributed by atoms with Crippen molar-refractivity contribution >= 4 is 17.9 Å². The van der Waals surface area contributed by atoms with Gasteiger partial charge in [-0.05, 0) is 13.3 Å². The summed E-state index contributed by atoms with van der Waals surface area (Å²) in [5, 5.41) is 14.0. The van der Waals surface area contributed by atoms with E-state index in [9.17, 15) is 14.4 Å². The van der Waals surface area contributed by atoms with Crippen LogP contribution >= 0.6 is 0 Å². The second kappa shape index (κ2) is 7.68. The van der Waals surface area contributed by atoms with Gasteiger partial charge in [0.15, 0.2) is 0 Å². The van der Waals surface area contributed by atoms with E-state index in [1.165, 1.54) is 4.90 Å². The van der Waals surface area contributed by atoms with Crippen molar-refractivity contribution in [2.75, 3.05) is 26.3 Å². The molecule has 8 nitrogen and oxygen atoms in total. The number of carbonyl (C=O) groups is 3. The number of nitrogens with zero attached hydrogens (tertiary/aromatic N) is 1. The summed E-state index contributed by atoms with van der Waals surface area (Å²) in [5.41, 5.74) is 0. The Balaban J connectivity index is 2.71. The molecule has 0 aromatic carbocycles. The number of likely N-dealkylation sites (N-methyl/N-ethyl adjacent to an activating group) is 1. The van der Waals surface area contributed by atoms with Crippen LogP contribution in [0.1, 0.15) is 20.3 Å². The average Bonchev–Trinajstić information content (AvgIpc) is 2.44. The summed E-state index contributed by atoms with van der Waals surface area (Å²) in [6, 6.07) is -2.24. The second-order valence-corrected chi connectivity index (χ2v) is 4.43. The molecule has 114 valence electrons. The van der Waals surface area contributed by atoms with Gasteiger partial charge in [0.1, 0.15) is 12.1 Å². The van der Waals surface area contributed by atoms with Crippen molar-refractivity contribution in [2.45, 2.75) is 32.4 Å². The fourth-order valence-electron chi connectivity index (χ4n) is 1.93. The largest absolute Gasteiger partial charge is 0.480 e. The first-order valence-corrected chi connectivity index (χ1v) is 6.66. The third-order valence-corrected chi connectivity index (χ3v) is 3.05. The molecule has 1 saturated heterocycles. The minimum atomic E-state index is -1.09. The van der Waals surface area contributed by atoms with Gasteiger partial charge in [-0.2, -0.15) is 0 Å². The highest BCUT2D eigenvalue weighted by Gasteiger charge is 2.34. The number of ether oxygens (including phenoxy) is 1. The maximum absolute atomic E-state index is 12.1. The van der Waals surface area contributed by atoms with E-state index in [2.05, 4.69) is 10.6 Å². The Bertz CT molecular complexity index is 374. The first-order chi connectivity index (χ1) is 9.51. The third-order valence-electron chi connectivity index (χ3n) is 3.05. The molecule has 0 saturated carbocycles. The van der Waals surface area contributed by atoms with E-state index in [1.54, 1.807) is 13.8 Å². The Morgan fingerprint density at radius 3 is 2.65 bits per heavy atom. The summed E-state index contributed by atoms with van der Waals surface area (Å²) in [5.74, 6) is -1.39. The number of carboxylic acids is 1. The number of amides is 3. The molecule has 1 rings (SSSR count). The van der Waals surface area contributed by atoms with E-state index >= 15 is 0 Å². The van der Waals surface area contributed by atoms with E-state index in [4.69, 9.17) is 9.84 Å². The molecule has 8 heteroatoms. The summed E-state index contributed by atoms with van der Waals surface area (Å²) >= 11 is 0. The molecule has 3 amide bonds. The van der Waals surface area contributed by atoms with Crippen molar-refractivity contribution in [1.82, 2.24) is 15.5 Å². The van der Waals surface area contributed by atoms with Crippen LogP contribution in [0.25, 0.3) is 0 Å². The summed E-state index contributed by atoms with van der Waals surface area (Å²) < 4.78 is 5.21. The lowest BCUT2D eigenvalue weighted by atomic mass is 10.2. The predicted octanol–water partition coefficient (Wildman–Crippen LogP) is -0.604. The molecule has 0 spiro atoms. The molecule has 0 bridgehead atoms. The number of hydrogen-bond donors (Lipinski definition) is 3. The second-order valence-electron chi connectivity index (χ2n) is 4.43. The molecule has 0 aromatic rings. The molecule has 1 aliphatic heterocycles. The smallest absolute Gasteiger partial charge is 0.326 e. The van der Waals surface area contributed by atoms with E-state index in [-0.39, 0.29) is 25.5 Å². The molecule has 1 aliphatic rings. The summed E-state index contributed by atoms with van der Waals surface area (Å²) in [6.45, 7) is 4.60. The molecule has 1 unspecified atom stereocenters. The van der Waals surface area contributed by atoms with Gasteiger partial charge in [0.05, 0.1) is 13.2 Å². The first kappa shape index (κ1) is 16.2. The topological polar surface area (TPSA) is 108 Å². The van der Waals surface area contributed by atoms with Crippen molar-refractivity contribution in [3.8, 4) is 0 Å². The Hall–Kier alpha value is -1.83. The zero-order valence-corrected chi connectivity index (χ0v) is 11.7. The van der Waals surface area contributed by atoms with Crippen molar-refractivity contribution in [2.24, 2.45) is 0 Å². The quantitative estimate of drug-likeness (QED) is 0.625. The number of nitrogens with one attached hydrogen (secondary N) is 2. The Morgan fingerprint density at radius 1 is 1.40 bits per heavy atom. The number of carboxylic acid groups (broad SMARTS) is 1. The molecule has 1 fully saturated rings. The number of aliphatic carboxylic acids is 1. The van der Waals surface area contributed by atoms with Crippen molar-refractivity contribution < 1.29 is 24.2 Å². The summed E-state index contributed by atoms with van der Waals surface area (Å²) in [4.78, 5) is 36.2. The highest BCUT2D eigenvalue weighted by molar-refractivity contribution is 5.89. The highest BCUT2D eigenvalue weighted by Crippen LogP contribution is 2.08. The monoisotopic (exact) mass is 287 g/mol. The third kappa shape index (κ3) is 4.09. The van der Waals surface area contributed by atoms with Crippen LogP contribution in [-0.4, -0.2) is 66.3 Å². The number of morpholine rings is 1. The number of hydrogen-bond acceptors (Lipinski definition) is 4. The SMILES string of the molecule is CCNC(=O)C1COCCN1C(=O)N[C@H](CC)C(=O)O. The minimum absolute atomic E-state index is 0.114. The van der Waals surface area contributed by atoms with Crippen LogP contribution in [0.5, 0.6) is 0 Å². The Labute approximate surface area is 117 Å². The lowest BCUT2D eigenvalue weighted by Crippen LogP contribution is -2.59. The van der Waals surface area contributed by atoms with Gasteiger partial charge in [-0.1, -0.05) is 6.92 Å². The van der Waals surface area contributed by atoms with Crippen LogP contribution in [0.15, 0.2) is 0 Å². The van der Waals surface area contributed by atoms with Gasteiger partial charge in [0.25, 0.3) is 0 Å². The maximum Gasteiger partial charge on any atom is 0.326 e. The molecule has 20 heavy (non-hydrogen) atoms.